The number of hydrogen-bond acceptors (Lipinski definition) is 4. The van der Waals surface area contributed by atoms with Crippen molar-refractivity contribution in [3.63, 3.8) is 0 Å². The zero-order valence-electron chi connectivity index (χ0n) is 15.0. The fraction of sp³-hybridized carbons (Fsp3) is 0.0526. The van der Waals surface area contributed by atoms with Gasteiger partial charge < -0.3 is 5.32 Å². The highest BCUT2D eigenvalue weighted by Crippen LogP contribution is 2.32. The molecule has 0 unspecified atom stereocenters. The van der Waals surface area contributed by atoms with E-state index in [0.29, 0.717) is 3.57 Å². The number of hydroxylamine groups is 1. The maximum atomic E-state index is 14.1. The summed E-state index contributed by atoms with van der Waals surface area (Å²) >= 11 is 1.90. The Hall–Kier alpha value is -2.87. The molecule has 3 aromatic rings. The molecular weight excluding hydrogens is 543 g/mol. The molecule has 31 heavy (non-hydrogen) atoms. The number of anilines is 2. The summed E-state index contributed by atoms with van der Waals surface area (Å²) in [6, 6.07) is 5.89. The molecule has 0 aliphatic carbocycles. The lowest BCUT2D eigenvalue weighted by Gasteiger charge is -2.18. The van der Waals surface area contributed by atoms with Crippen molar-refractivity contribution in [2.75, 3.05) is 5.32 Å². The second-order valence-electron chi connectivity index (χ2n) is 5.94. The van der Waals surface area contributed by atoms with Crippen LogP contribution in [0.1, 0.15) is 15.9 Å². The topological polar surface area (TPSA) is 63.2 Å². The average Bonchev–Trinajstić information content (AvgIpc) is 2.72. The van der Waals surface area contributed by atoms with Crippen LogP contribution < -0.4 is 10.8 Å². The molecule has 0 atom stereocenters. The Morgan fingerprint density at radius 2 is 1.71 bits per heavy atom. The quantitative estimate of drug-likeness (QED) is 0.186. The van der Waals surface area contributed by atoms with Crippen LogP contribution in [0.4, 0.5) is 37.7 Å². The van der Waals surface area contributed by atoms with Gasteiger partial charge in [-0.15, -0.1) is 0 Å². The van der Waals surface area contributed by atoms with Gasteiger partial charge >= 0.3 is 6.11 Å². The molecule has 5 nitrogen and oxygen atoms in total. The number of alkyl halides is 2. The molecule has 0 aliphatic rings. The highest BCUT2D eigenvalue weighted by Gasteiger charge is 2.39. The number of pyridine rings is 1. The predicted octanol–water partition coefficient (Wildman–Crippen LogP) is 5.40. The Morgan fingerprint density at radius 1 is 0.968 bits per heavy atom. The van der Waals surface area contributed by atoms with Gasteiger partial charge in [-0.1, -0.05) is 0 Å². The van der Waals surface area contributed by atoms with Gasteiger partial charge in [0.15, 0.2) is 17.5 Å². The van der Waals surface area contributed by atoms with E-state index in [0.717, 1.165) is 18.5 Å². The molecule has 0 radical (unpaired) electrons. The molecule has 2 aromatic carbocycles. The standard InChI is InChI=1S/C19H10F6IN3O2/c20-12-3-2-11(16(22)17(12)23)19(24,25)31-29-18(30)10-5-6-27-8-15(10)28-14-4-1-9(26)7-13(14)21/h1-8,28H,(H,29,30). The number of aromatic nitrogens is 1. The molecule has 0 aliphatic heterocycles. The van der Waals surface area contributed by atoms with E-state index < -0.39 is 40.8 Å². The third-order valence-electron chi connectivity index (χ3n) is 3.89. The van der Waals surface area contributed by atoms with Crippen LogP contribution in [0.15, 0.2) is 48.8 Å². The van der Waals surface area contributed by atoms with Gasteiger partial charge in [0, 0.05) is 9.77 Å². The fourth-order valence-corrected chi connectivity index (χ4v) is 2.85. The van der Waals surface area contributed by atoms with E-state index in [9.17, 15) is 31.1 Å². The Bertz CT molecular complexity index is 1150. The van der Waals surface area contributed by atoms with Crippen molar-refractivity contribution >= 4 is 39.9 Å². The summed E-state index contributed by atoms with van der Waals surface area (Å²) in [5.41, 5.74) is -0.545. The fourth-order valence-electron chi connectivity index (χ4n) is 2.40. The molecule has 0 saturated heterocycles. The number of amides is 1. The van der Waals surface area contributed by atoms with Crippen LogP contribution in [0, 0.1) is 26.8 Å². The minimum Gasteiger partial charge on any atom is -0.351 e. The molecule has 12 heteroatoms. The van der Waals surface area contributed by atoms with Gasteiger partial charge in [0.1, 0.15) is 5.82 Å². The molecule has 2 N–H and O–H groups in total. The number of rotatable bonds is 6. The second kappa shape index (κ2) is 9.09. The molecule has 0 spiro atoms. The van der Waals surface area contributed by atoms with Crippen molar-refractivity contribution in [2.45, 2.75) is 6.11 Å². The molecule has 0 bridgehead atoms. The van der Waals surface area contributed by atoms with Crippen LogP contribution in [-0.2, 0) is 10.9 Å². The number of hydrogen-bond donors (Lipinski definition) is 2. The number of nitrogens with one attached hydrogen (secondary N) is 2. The van der Waals surface area contributed by atoms with Crippen molar-refractivity contribution in [3.8, 4) is 0 Å². The Labute approximate surface area is 184 Å². The summed E-state index contributed by atoms with van der Waals surface area (Å²) in [6.45, 7) is 0. The Kier molecular flexibility index (Phi) is 6.69. The van der Waals surface area contributed by atoms with Gasteiger partial charge in [-0.25, -0.2) is 23.0 Å². The van der Waals surface area contributed by atoms with Gasteiger partial charge in [-0.05, 0) is 59.0 Å². The van der Waals surface area contributed by atoms with Crippen molar-refractivity contribution in [3.05, 3.63) is 86.8 Å². The van der Waals surface area contributed by atoms with E-state index in [2.05, 4.69) is 15.1 Å². The monoisotopic (exact) mass is 553 g/mol. The number of benzene rings is 2. The zero-order chi connectivity index (χ0) is 22.8. The molecule has 3 rings (SSSR count). The van der Waals surface area contributed by atoms with E-state index >= 15 is 0 Å². The minimum absolute atomic E-state index is 0.0161. The Morgan fingerprint density at radius 3 is 2.42 bits per heavy atom. The third-order valence-corrected chi connectivity index (χ3v) is 4.56. The van der Waals surface area contributed by atoms with Gasteiger partial charge in [0.05, 0.1) is 28.7 Å². The van der Waals surface area contributed by atoms with Gasteiger partial charge in [-0.2, -0.15) is 13.6 Å². The first-order chi connectivity index (χ1) is 14.6. The number of carbonyl (C=O) groups is 1. The first-order valence-corrected chi connectivity index (χ1v) is 9.34. The normalized spacial score (nSPS) is 11.3. The van der Waals surface area contributed by atoms with Crippen LogP contribution in [0.5, 0.6) is 0 Å². The summed E-state index contributed by atoms with van der Waals surface area (Å²) in [7, 11) is 0. The van der Waals surface area contributed by atoms with E-state index in [1.54, 1.807) is 6.07 Å². The van der Waals surface area contributed by atoms with Crippen LogP contribution in [0.25, 0.3) is 0 Å². The highest BCUT2D eigenvalue weighted by molar-refractivity contribution is 14.1. The van der Waals surface area contributed by atoms with E-state index in [1.807, 2.05) is 22.6 Å². The first-order valence-electron chi connectivity index (χ1n) is 8.26. The Balaban J connectivity index is 1.79. The smallest absolute Gasteiger partial charge is 0.351 e. The third kappa shape index (κ3) is 5.07. The van der Waals surface area contributed by atoms with Gasteiger partial charge in [0.2, 0.25) is 0 Å². The maximum absolute atomic E-state index is 14.1. The van der Waals surface area contributed by atoms with Crippen molar-refractivity contribution in [1.82, 2.24) is 10.5 Å². The largest absolute Gasteiger partial charge is 0.405 e. The van der Waals surface area contributed by atoms with E-state index in [4.69, 9.17) is 0 Å². The van der Waals surface area contributed by atoms with E-state index in [-0.39, 0.29) is 29.1 Å². The van der Waals surface area contributed by atoms with Crippen molar-refractivity contribution in [2.24, 2.45) is 0 Å². The second-order valence-corrected chi connectivity index (χ2v) is 7.19. The maximum Gasteiger partial charge on any atom is 0.405 e. The summed E-state index contributed by atoms with van der Waals surface area (Å²) in [6.07, 6.45) is -2.23. The van der Waals surface area contributed by atoms with Crippen LogP contribution in [0.3, 0.4) is 0 Å². The predicted molar refractivity (Wildman–Crippen MR) is 105 cm³/mol. The number of carbonyl (C=O) groups excluding carboxylic acids is 1. The number of nitrogens with zero attached hydrogens (tertiary/aromatic N) is 1. The van der Waals surface area contributed by atoms with Crippen LogP contribution in [0.2, 0.25) is 0 Å². The highest BCUT2D eigenvalue weighted by atomic mass is 127. The summed E-state index contributed by atoms with van der Waals surface area (Å²) in [5.74, 6) is -7.82. The van der Waals surface area contributed by atoms with Crippen LogP contribution in [-0.4, -0.2) is 10.9 Å². The molecule has 1 amide bonds. The zero-order valence-corrected chi connectivity index (χ0v) is 17.2. The summed E-state index contributed by atoms with van der Waals surface area (Å²) < 4.78 is 82.7. The molecule has 1 aromatic heterocycles. The van der Waals surface area contributed by atoms with E-state index in [1.165, 1.54) is 17.6 Å². The molecule has 0 saturated carbocycles. The molecular formula is C19H10F6IN3O2. The summed E-state index contributed by atoms with van der Waals surface area (Å²) in [5, 5.41) is 2.60. The minimum atomic E-state index is -4.53. The number of halogens is 7. The average molecular weight is 553 g/mol. The SMILES string of the molecule is O=C(NOC(F)(F)c1ccc(F)c(F)c1F)c1ccncc1Nc1ccc(I)cc1F. The lowest BCUT2D eigenvalue weighted by molar-refractivity contribution is -0.274. The van der Waals surface area contributed by atoms with Gasteiger partial charge in [0.25, 0.3) is 5.91 Å². The van der Waals surface area contributed by atoms with Crippen LogP contribution >= 0.6 is 22.6 Å². The van der Waals surface area contributed by atoms with Crippen molar-refractivity contribution in [1.29, 1.82) is 0 Å². The summed E-state index contributed by atoms with van der Waals surface area (Å²) in [4.78, 5) is 20.1. The van der Waals surface area contributed by atoms with Crippen molar-refractivity contribution < 1.29 is 36.0 Å². The molecule has 0 fully saturated rings. The molecule has 1 heterocycles. The first kappa shape index (κ1) is 22.8. The lowest BCUT2D eigenvalue weighted by Crippen LogP contribution is -2.33. The molecule has 162 valence electrons. The van der Waals surface area contributed by atoms with Gasteiger partial charge in [-0.3, -0.25) is 9.78 Å². The lowest BCUT2D eigenvalue weighted by atomic mass is 10.2.